The molecule has 0 radical (unpaired) electrons. The van der Waals surface area contributed by atoms with Gasteiger partial charge in [-0.3, -0.25) is 9.59 Å². The summed E-state index contributed by atoms with van der Waals surface area (Å²) in [6.07, 6.45) is 0.214. The zero-order valence-electron chi connectivity index (χ0n) is 14.3. The van der Waals surface area contributed by atoms with E-state index in [0.717, 1.165) is 10.7 Å². The van der Waals surface area contributed by atoms with Gasteiger partial charge in [-0.1, -0.05) is 0 Å². The first-order valence-electron chi connectivity index (χ1n) is 7.85. The molecule has 7 nitrogen and oxygen atoms in total. The van der Waals surface area contributed by atoms with E-state index in [1.54, 1.807) is 36.2 Å². The monoisotopic (exact) mass is 362 g/mol. The minimum Gasteiger partial charge on any atom is -0.492 e. The van der Waals surface area contributed by atoms with Crippen molar-refractivity contribution in [2.24, 2.45) is 5.73 Å². The summed E-state index contributed by atoms with van der Waals surface area (Å²) in [5, 5.41) is 5.48. The predicted molar refractivity (Wildman–Crippen MR) is 97.6 cm³/mol. The number of likely N-dealkylation sites (N-methyl/N-ethyl adjacent to an activating group) is 1. The van der Waals surface area contributed by atoms with Gasteiger partial charge >= 0.3 is 0 Å². The molecule has 0 saturated carbocycles. The number of nitrogens with two attached hydrogens (primary N) is 1. The zero-order chi connectivity index (χ0) is 18.2. The Morgan fingerprint density at radius 3 is 2.64 bits per heavy atom. The summed E-state index contributed by atoms with van der Waals surface area (Å²) in [4.78, 5) is 29.0. The molecular formula is C17H22N4O3S. The quantitative estimate of drug-likeness (QED) is 0.744. The molecule has 2 aromatic rings. The molecule has 25 heavy (non-hydrogen) atoms. The number of aromatic nitrogens is 1. The molecule has 0 aliphatic heterocycles. The van der Waals surface area contributed by atoms with E-state index in [-0.39, 0.29) is 18.2 Å². The van der Waals surface area contributed by atoms with Crippen LogP contribution in [0, 0.1) is 0 Å². The fraction of sp³-hybridized carbons (Fsp3) is 0.353. The molecule has 0 spiro atoms. The summed E-state index contributed by atoms with van der Waals surface area (Å²) >= 11 is 1.45. The van der Waals surface area contributed by atoms with Crippen LogP contribution in [0.15, 0.2) is 29.6 Å². The van der Waals surface area contributed by atoms with Crippen molar-refractivity contribution in [3.63, 3.8) is 0 Å². The van der Waals surface area contributed by atoms with Crippen molar-refractivity contribution in [2.75, 3.05) is 25.5 Å². The fourth-order valence-electron chi connectivity index (χ4n) is 1.99. The van der Waals surface area contributed by atoms with Crippen molar-refractivity contribution in [3.8, 4) is 5.75 Å². The van der Waals surface area contributed by atoms with Gasteiger partial charge in [0.05, 0.1) is 18.7 Å². The number of hydrogen-bond acceptors (Lipinski definition) is 6. The van der Waals surface area contributed by atoms with E-state index in [9.17, 15) is 9.59 Å². The molecule has 1 aromatic heterocycles. The van der Waals surface area contributed by atoms with Gasteiger partial charge in [0.1, 0.15) is 17.4 Å². The lowest BCUT2D eigenvalue weighted by Crippen LogP contribution is -2.28. The van der Waals surface area contributed by atoms with Gasteiger partial charge in [0.2, 0.25) is 11.8 Å². The second-order valence-corrected chi connectivity index (χ2v) is 6.42. The molecule has 0 bridgehead atoms. The van der Waals surface area contributed by atoms with Gasteiger partial charge in [-0.2, -0.15) is 0 Å². The third kappa shape index (κ3) is 6.17. The summed E-state index contributed by atoms with van der Waals surface area (Å²) in [6, 6.07) is 7.10. The standard InChI is InChI=1S/C17H22N4O3S/c1-12(22)21(2)7-8-24-15-5-3-13(4-6-15)19-16(23)9-14-11-25-17(10-18)20-14/h3-6,11H,7-10,18H2,1-2H3,(H,19,23). The third-order valence-electron chi connectivity index (χ3n) is 3.49. The van der Waals surface area contributed by atoms with E-state index in [0.29, 0.717) is 31.1 Å². The fourth-order valence-corrected chi connectivity index (χ4v) is 2.66. The highest BCUT2D eigenvalue weighted by atomic mass is 32.1. The number of thiazole rings is 1. The lowest BCUT2D eigenvalue weighted by atomic mass is 10.2. The molecule has 1 aromatic carbocycles. The van der Waals surface area contributed by atoms with Crippen molar-refractivity contribution >= 4 is 28.8 Å². The Bertz CT molecular complexity index is 715. The molecule has 0 aliphatic carbocycles. The maximum atomic E-state index is 12.0. The number of carbonyl (C=O) groups is 2. The number of carbonyl (C=O) groups excluding carboxylic acids is 2. The molecule has 2 amide bonds. The van der Waals surface area contributed by atoms with Gasteiger partial charge in [0.15, 0.2) is 0 Å². The molecule has 2 rings (SSSR count). The predicted octanol–water partition coefficient (Wildman–Crippen LogP) is 1.64. The number of anilines is 1. The van der Waals surface area contributed by atoms with E-state index in [4.69, 9.17) is 10.5 Å². The summed E-state index contributed by atoms with van der Waals surface area (Å²) < 4.78 is 5.57. The summed E-state index contributed by atoms with van der Waals surface area (Å²) in [6.45, 7) is 2.83. The number of amides is 2. The summed E-state index contributed by atoms with van der Waals surface area (Å²) in [5.41, 5.74) is 6.92. The summed E-state index contributed by atoms with van der Waals surface area (Å²) in [5.74, 6) is 0.549. The minimum absolute atomic E-state index is 0.000329. The van der Waals surface area contributed by atoms with Crippen molar-refractivity contribution in [1.29, 1.82) is 0 Å². The average molecular weight is 362 g/mol. The lowest BCUT2D eigenvalue weighted by molar-refractivity contribution is -0.127. The maximum Gasteiger partial charge on any atom is 0.230 e. The van der Waals surface area contributed by atoms with Crippen LogP contribution in [0.3, 0.4) is 0 Å². The van der Waals surface area contributed by atoms with E-state index < -0.39 is 0 Å². The molecule has 8 heteroatoms. The van der Waals surface area contributed by atoms with Crippen LogP contribution in [0.2, 0.25) is 0 Å². The van der Waals surface area contributed by atoms with Crippen LogP contribution in [-0.2, 0) is 22.6 Å². The number of nitrogens with one attached hydrogen (secondary N) is 1. The molecule has 0 aliphatic rings. The van der Waals surface area contributed by atoms with E-state index in [1.807, 2.05) is 5.38 Å². The molecule has 0 unspecified atom stereocenters. The van der Waals surface area contributed by atoms with E-state index >= 15 is 0 Å². The van der Waals surface area contributed by atoms with Crippen LogP contribution in [0.1, 0.15) is 17.6 Å². The number of ether oxygens (including phenoxy) is 1. The number of rotatable bonds is 8. The lowest BCUT2D eigenvalue weighted by Gasteiger charge is -2.15. The molecule has 134 valence electrons. The first-order chi connectivity index (χ1) is 12.0. The van der Waals surface area contributed by atoms with Crippen LogP contribution >= 0.6 is 11.3 Å². The first kappa shape index (κ1) is 18.9. The Hall–Kier alpha value is -2.45. The van der Waals surface area contributed by atoms with Crippen LogP contribution in [-0.4, -0.2) is 41.9 Å². The molecular weight excluding hydrogens is 340 g/mol. The van der Waals surface area contributed by atoms with Crippen LogP contribution in [0.5, 0.6) is 5.75 Å². The van der Waals surface area contributed by atoms with Crippen molar-refractivity contribution in [3.05, 3.63) is 40.3 Å². The van der Waals surface area contributed by atoms with Gasteiger partial charge in [-0.15, -0.1) is 11.3 Å². The average Bonchev–Trinajstić information content (AvgIpc) is 3.03. The van der Waals surface area contributed by atoms with Crippen LogP contribution in [0.4, 0.5) is 5.69 Å². The normalized spacial score (nSPS) is 10.4. The van der Waals surface area contributed by atoms with Gasteiger partial charge in [-0.25, -0.2) is 4.98 Å². The van der Waals surface area contributed by atoms with E-state index in [2.05, 4.69) is 10.3 Å². The van der Waals surface area contributed by atoms with Crippen molar-refractivity contribution < 1.29 is 14.3 Å². The minimum atomic E-state index is -0.134. The molecule has 1 heterocycles. The van der Waals surface area contributed by atoms with Gasteiger partial charge in [0, 0.05) is 31.6 Å². The maximum absolute atomic E-state index is 12.0. The second-order valence-electron chi connectivity index (χ2n) is 5.48. The van der Waals surface area contributed by atoms with E-state index in [1.165, 1.54) is 18.3 Å². The topological polar surface area (TPSA) is 97.5 Å². The SMILES string of the molecule is CC(=O)N(C)CCOc1ccc(NC(=O)Cc2csc(CN)n2)cc1. The Balaban J connectivity index is 1.79. The second kappa shape index (κ2) is 9.14. The highest BCUT2D eigenvalue weighted by Crippen LogP contribution is 2.16. The van der Waals surface area contributed by atoms with Gasteiger partial charge in [0.25, 0.3) is 0 Å². The molecule has 3 N–H and O–H groups in total. The molecule has 0 saturated heterocycles. The zero-order valence-corrected chi connectivity index (χ0v) is 15.1. The first-order valence-corrected chi connectivity index (χ1v) is 8.73. The van der Waals surface area contributed by atoms with Gasteiger partial charge in [-0.05, 0) is 24.3 Å². The number of nitrogens with zero attached hydrogens (tertiary/aromatic N) is 2. The highest BCUT2D eigenvalue weighted by Gasteiger charge is 2.08. The Morgan fingerprint density at radius 1 is 1.32 bits per heavy atom. The van der Waals surface area contributed by atoms with Crippen molar-refractivity contribution in [2.45, 2.75) is 19.9 Å². The highest BCUT2D eigenvalue weighted by molar-refractivity contribution is 7.09. The molecule has 0 atom stereocenters. The smallest absolute Gasteiger partial charge is 0.230 e. The Kier molecular flexibility index (Phi) is 6.91. The van der Waals surface area contributed by atoms with Gasteiger partial charge < -0.3 is 20.7 Å². The van der Waals surface area contributed by atoms with Crippen LogP contribution in [0.25, 0.3) is 0 Å². The summed E-state index contributed by atoms with van der Waals surface area (Å²) in [7, 11) is 1.73. The Labute approximate surface area is 150 Å². The third-order valence-corrected chi connectivity index (χ3v) is 4.41. The largest absolute Gasteiger partial charge is 0.492 e. The molecule has 0 fully saturated rings. The van der Waals surface area contributed by atoms with Crippen molar-refractivity contribution in [1.82, 2.24) is 9.88 Å². The number of benzene rings is 1. The van der Waals surface area contributed by atoms with Crippen LogP contribution < -0.4 is 15.8 Å². The number of hydrogen-bond donors (Lipinski definition) is 2. The Morgan fingerprint density at radius 2 is 2.04 bits per heavy atom.